The molecule has 1 aromatic carbocycles. The Morgan fingerprint density at radius 1 is 1.20 bits per heavy atom. The van der Waals surface area contributed by atoms with Crippen molar-refractivity contribution in [2.45, 2.75) is 27.2 Å². The number of hydrogen-bond donors (Lipinski definition) is 1. The Kier molecular flexibility index (Phi) is 7.06. The van der Waals surface area contributed by atoms with Crippen molar-refractivity contribution in [2.75, 3.05) is 12.3 Å². The second kappa shape index (κ2) is 7.85. The highest BCUT2D eigenvalue weighted by Crippen LogP contribution is 2.06. The normalized spacial score (nSPS) is 8.73. The van der Waals surface area contributed by atoms with Gasteiger partial charge in [0.1, 0.15) is 0 Å². The van der Waals surface area contributed by atoms with Crippen LogP contribution in [-0.4, -0.2) is 12.6 Å². The quantitative estimate of drug-likeness (QED) is 0.602. The van der Waals surface area contributed by atoms with Crippen molar-refractivity contribution in [3.63, 3.8) is 0 Å². The smallest absolute Gasteiger partial charge is 0.338 e. The Bertz CT molecular complexity index is 280. The standard InChI is InChI=1S/C9H11NO2.C3H8/c1-2-12-9(11)7-3-5-8(10)6-4-7;1-3-2/h3-6H,2,10H2,1H3;3H2,1-2H3. The van der Waals surface area contributed by atoms with Crippen LogP contribution in [0.4, 0.5) is 5.69 Å². The van der Waals surface area contributed by atoms with Crippen molar-refractivity contribution >= 4 is 11.7 Å². The molecule has 2 N–H and O–H groups in total. The molecule has 0 bridgehead atoms. The molecule has 0 atom stereocenters. The molecule has 0 fully saturated rings. The molecule has 3 heteroatoms. The predicted octanol–water partition coefficient (Wildman–Crippen LogP) is 2.86. The molecule has 0 radical (unpaired) electrons. The highest BCUT2D eigenvalue weighted by atomic mass is 16.5. The maximum Gasteiger partial charge on any atom is 0.338 e. The zero-order valence-corrected chi connectivity index (χ0v) is 9.62. The molecule has 0 heterocycles. The van der Waals surface area contributed by atoms with Crippen molar-refractivity contribution in [3.8, 4) is 0 Å². The van der Waals surface area contributed by atoms with Gasteiger partial charge >= 0.3 is 5.97 Å². The van der Waals surface area contributed by atoms with Gasteiger partial charge in [-0.05, 0) is 31.2 Å². The molecule has 0 aliphatic carbocycles. The molecule has 0 amide bonds. The van der Waals surface area contributed by atoms with Crippen molar-refractivity contribution in [1.29, 1.82) is 0 Å². The first-order valence-corrected chi connectivity index (χ1v) is 5.18. The maximum atomic E-state index is 11.1. The summed E-state index contributed by atoms with van der Waals surface area (Å²) in [4.78, 5) is 11.1. The van der Waals surface area contributed by atoms with Crippen molar-refractivity contribution in [1.82, 2.24) is 0 Å². The molecule has 0 saturated carbocycles. The van der Waals surface area contributed by atoms with Gasteiger partial charge in [-0.3, -0.25) is 0 Å². The molecule has 15 heavy (non-hydrogen) atoms. The molecule has 0 aliphatic heterocycles. The zero-order chi connectivity index (χ0) is 11.7. The third-order valence-corrected chi connectivity index (χ3v) is 1.42. The van der Waals surface area contributed by atoms with E-state index in [0.717, 1.165) is 0 Å². The van der Waals surface area contributed by atoms with E-state index in [1.807, 2.05) is 0 Å². The molecule has 1 aromatic rings. The van der Waals surface area contributed by atoms with E-state index in [0.29, 0.717) is 17.9 Å². The summed E-state index contributed by atoms with van der Waals surface area (Å²) in [6, 6.07) is 6.64. The number of carbonyl (C=O) groups is 1. The SMILES string of the molecule is CCC.CCOC(=O)c1ccc(N)cc1. The molecule has 0 unspecified atom stereocenters. The molecule has 0 aliphatic rings. The van der Waals surface area contributed by atoms with Gasteiger partial charge in [-0.2, -0.15) is 0 Å². The molecular weight excluding hydrogens is 190 g/mol. The average molecular weight is 209 g/mol. The van der Waals surface area contributed by atoms with Crippen molar-refractivity contribution in [2.24, 2.45) is 0 Å². The van der Waals surface area contributed by atoms with Gasteiger partial charge in [0, 0.05) is 5.69 Å². The fraction of sp³-hybridized carbons (Fsp3) is 0.417. The predicted molar refractivity (Wildman–Crippen MR) is 62.8 cm³/mol. The van der Waals surface area contributed by atoms with Gasteiger partial charge in [0.05, 0.1) is 12.2 Å². The minimum Gasteiger partial charge on any atom is -0.462 e. The molecule has 1 rings (SSSR count). The van der Waals surface area contributed by atoms with E-state index in [-0.39, 0.29) is 5.97 Å². The number of carbonyl (C=O) groups excluding carboxylic acids is 1. The summed E-state index contributed by atoms with van der Waals surface area (Å²) >= 11 is 0. The largest absolute Gasteiger partial charge is 0.462 e. The van der Waals surface area contributed by atoms with Gasteiger partial charge < -0.3 is 10.5 Å². The molecule has 84 valence electrons. The van der Waals surface area contributed by atoms with Crippen molar-refractivity contribution < 1.29 is 9.53 Å². The Morgan fingerprint density at radius 3 is 2.07 bits per heavy atom. The van der Waals surface area contributed by atoms with E-state index in [4.69, 9.17) is 10.5 Å². The van der Waals surface area contributed by atoms with E-state index >= 15 is 0 Å². The Labute approximate surface area is 91.2 Å². The summed E-state index contributed by atoms with van der Waals surface area (Å²) in [5.41, 5.74) is 6.62. The first-order valence-electron chi connectivity index (χ1n) is 5.18. The van der Waals surface area contributed by atoms with Crippen LogP contribution in [0.3, 0.4) is 0 Å². The Morgan fingerprint density at radius 2 is 1.67 bits per heavy atom. The summed E-state index contributed by atoms with van der Waals surface area (Å²) < 4.78 is 4.79. The summed E-state index contributed by atoms with van der Waals surface area (Å²) in [7, 11) is 0. The van der Waals surface area contributed by atoms with Gasteiger partial charge in [0.15, 0.2) is 0 Å². The fourth-order valence-electron chi connectivity index (χ4n) is 0.834. The lowest BCUT2D eigenvalue weighted by Gasteiger charge is -2.00. The first-order chi connectivity index (χ1) is 7.15. The molecule has 0 spiro atoms. The van der Waals surface area contributed by atoms with Crippen LogP contribution in [0.15, 0.2) is 24.3 Å². The third kappa shape index (κ3) is 5.73. The molecule has 0 aromatic heterocycles. The van der Waals surface area contributed by atoms with Crippen molar-refractivity contribution in [3.05, 3.63) is 29.8 Å². The van der Waals surface area contributed by atoms with Crippen LogP contribution in [-0.2, 0) is 4.74 Å². The number of nitrogen functional groups attached to an aromatic ring is 1. The first kappa shape index (κ1) is 13.5. The lowest BCUT2D eigenvalue weighted by atomic mass is 10.2. The zero-order valence-electron chi connectivity index (χ0n) is 9.62. The Balaban J connectivity index is 0.000000583. The number of esters is 1. The molecule has 0 saturated heterocycles. The topological polar surface area (TPSA) is 52.3 Å². The highest BCUT2D eigenvalue weighted by Gasteiger charge is 2.03. The monoisotopic (exact) mass is 209 g/mol. The van der Waals surface area contributed by atoms with Crippen LogP contribution in [0.2, 0.25) is 0 Å². The molecule has 3 nitrogen and oxygen atoms in total. The van der Waals surface area contributed by atoms with E-state index in [1.165, 1.54) is 6.42 Å². The average Bonchev–Trinajstić information content (AvgIpc) is 2.20. The summed E-state index contributed by atoms with van der Waals surface area (Å²) in [5, 5.41) is 0. The maximum absolute atomic E-state index is 11.1. The van der Waals surface area contributed by atoms with E-state index in [9.17, 15) is 4.79 Å². The second-order valence-electron chi connectivity index (χ2n) is 3.05. The third-order valence-electron chi connectivity index (χ3n) is 1.42. The van der Waals surface area contributed by atoms with Crippen LogP contribution in [0.1, 0.15) is 37.6 Å². The number of rotatable bonds is 2. The van der Waals surface area contributed by atoms with Gasteiger partial charge in [0.2, 0.25) is 0 Å². The minimum atomic E-state index is -0.308. The van der Waals surface area contributed by atoms with Crippen LogP contribution in [0, 0.1) is 0 Å². The number of hydrogen-bond acceptors (Lipinski definition) is 3. The van der Waals surface area contributed by atoms with Gasteiger partial charge in [-0.15, -0.1) is 0 Å². The summed E-state index contributed by atoms with van der Waals surface area (Å²) in [5.74, 6) is -0.308. The van der Waals surface area contributed by atoms with Gasteiger partial charge in [-0.25, -0.2) is 4.79 Å². The van der Waals surface area contributed by atoms with Gasteiger partial charge in [0.25, 0.3) is 0 Å². The number of nitrogens with two attached hydrogens (primary N) is 1. The van der Waals surface area contributed by atoms with Gasteiger partial charge in [-0.1, -0.05) is 20.3 Å². The second-order valence-corrected chi connectivity index (χ2v) is 3.05. The van der Waals surface area contributed by atoms with E-state index in [2.05, 4.69) is 13.8 Å². The van der Waals surface area contributed by atoms with Crippen LogP contribution < -0.4 is 5.73 Å². The van der Waals surface area contributed by atoms with Crippen LogP contribution in [0.5, 0.6) is 0 Å². The number of benzene rings is 1. The van der Waals surface area contributed by atoms with E-state index in [1.54, 1.807) is 31.2 Å². The number of ether oxygens (including phenoxy) is 1. The lowest BCUT2D eigenvalue weighted by molar-refractivity contribution is 0.0526. The highest BCUT2D eigenvalue weighted by molar-refractivity contribution is 5.89. The number of anilines is 1. The fourth-order valence-corrected chi connectivity index (χ4v) is 0.834. The molecular formula is C12H19NO2. The van der Waals surface area contributed by atoms with Crippen LogP contribution >= 0.6 is 0 Å². The van der Waals surface area contributed by atoms with E-state index < -0.39 is 0 Å². The summed E-state index contributed by atoms with van der Waals surface area (Å²) in [6.07, 6.45) is 1.25. The lowest BCUT2D eigenvalue weighted by Crippen LogP contribution is -2.04. The Hall–Kier alpha value is -1.51. The van der Waals surface area contributed by atoms with Crippen LogP contribution in [0.25, 0.3) is 0 Å². The minimum absolute atomic E-state index is 0.308. The summed E-state index contributed by atoms with van der Waals surface area (Å²) in [6.45, 7) is 6.42.